The lowest BCUT2D eigenvalue weighted by atomic mass is 9.87. The summed E-state index contributed by atoms with van der Waals surface area (Å²) in [5.41, 5.74) is -0.414. The van der Waals surface area contributed by atoms with Gasteiger partial charge in [-0.2, -0.15) is 0 Å². The van der Waals surface area contributed by atoms with Crippen molar-refractivity contribution in [1.82, 2.24) is 0 Å². The van der Waals surface area contributed by atoms with Gasteiger partial charge in [-0.1, -0.05) is 45.4 Å². The predicted octanol–water partition coefficient (Wildman–Crippen LogP) is 5.22. The zero-order valence-corrected chi connectivity index (χ0v) is 14.7. The summed E-state index contributed by atoms with van der Waals surface area (Å²) < 4.78 is 12.2. The number of ether oxygens (including phenoxy) is 2. The largest absolute Gasteiger partial charge is 0.435 e. The summed E-state index contributed by atoms with van der Waals surface area (Å²) in [5.74, 6) is 0.300. The van der Waals surface area contributed by atoms with Crippen molar-refractivity contribution in [2.24, 2.45) is 11.3 Å². The van der Waals surface area contributed by atoms with Crippen molar-refractivity contribution in [2.75, 3.05) is 0 Å². The molecule has 3 nitrogen and oxygen atoms in total. The number of hydrogen-bond acceptors (Lipinski definition) is 3. The molecule has 0 amide bonds. The van der Waals surface area contributed by atoms with E-state index in [1.807, 2.05) is 20.8 Å². The van der Waals surface area contributed by atoms with Gasteiger partial charge in [-0.15, -0.1) is 0 Å². The smallest absolute Gasteiger partial charge is 0.313 e. The van der Waals surface area contributed by atoms with Gasteiger partial charge in [-0.25, -0.2) is 0 Å². The lowest BCUT2D eigenvalue weighted by molar-refractivity contribution is -0.218. The maximum absolute atomic E-state index is 12.5. The van der Waals surface area contributed by atoms with Gasteiger partial charge < -0.3 is 9.47 Å². The summed E-state index contributed by atoms with van der Waals surface area (Å²) in [5, 5.41) is 0. The van der Waals surface area contributed by atoms with E-state index >= 15 is 0 Å². The molecule has 3 heteroatoms. The van der Waals surface area contributed by atoms with E-state index < -0.39 is 5.41 Å². The monoisotopic (exact) mass is 310 g/mol. The highest BCUT2D eigenvalue weighted by atomic mass is 16.7. The summed E-state index contributed by atoms with van der Waals surface area (Å²) >= 11 is 0. The van der Waals surface area contributed by atoms with E-state index in [1.165, 1.54) is 38.5 Å². The Bertz CT molecular complexity index is 339. The Morgan fingerprint density at radius 2 is 1.55 bits per heavy atom. The Balaban J connectivity index is 1.98. The maximum atomic E-state index is 12.5. The Labute approximate surface area is 136 Å². The molecule has 128 valence electrons. The molecule has 1 unspecified atom stereocenters. The van der Waals surface area contributed by atoms with Gasteiger partial charge in [0.1, 0.15) is 0 Å². The summed E-state index contributed by atoms with van der Waals surface area (Å²) in [6, 6.07) is 0. The van der Waals surface area contributed by atoms with Gasteiger partial charge in [-0.05, 0) is 46.0 Å². The maximum Gasteiger partial charge on any atom is 0.313 e. The van der Waals surface area contributed by atoms with E-state index in [4.69, 9.17) is 9.47 Å². The highest BCUT2D eigenvalue weighted by Gasteiger charge is 2.35. The first-order chi connectivity index (χ1) is 10.5. The molecular formula is C19H34O3. The molecule has 0 aromatic rings. The van der Waals surface area contributed by atoms with Crippen LogP contribution in [0.3, 0.4) is 0 Å². The minimum absolute atomic E-state index is 0.0959. The number of carbonyl (C=O) groups excluding carboxylic acids is 1. The molecule has 0 saturated heterocycles. The zero-order chi connectivity index (χ0) is 16.0. The van der Waals surface area contributed by atoms with Gasteiger partial charge in [0.25, 0.3) is 0 Å². The second kappa shape index (κ2) is 8.33. The van der Waals surface area contributed by atoms with Crippen LogP contribution in [-0.4, -0.2) is 18.4 Å². The molecule has 0 aromatic carbocycles. The first kappa shape index (κ1) is 17.8. The van der Waals surface area contributed by atoms with E-state index in [-0.39, 0.29) is 12.3 Å². The normalized spacial score (nSPS) is 23.2. The molecule has 2 saturated carbocycles. The van der Waals surface area contributed by atoms with Gasteiger partial charge in [0.15, 0.2) is 0 Å². The molecule has 1 atom stereocenters. The highest BCUT2D eigenvalue weighted by molar-refractivity contribution is 5.75. The van der Waals surface area contributed by atoms with E-state index in [0.717, 1.165) is 32.1 Å². The molecule has 2 aliphatic rings. The molecule has 22 heavy (non-hydrogen) atoms. The Morgan fingerprint density at radius 3 is 2.09 bits per heavy atom. The number of esters is 1. The van der Waals surface area contributed by atoms with Crippen molar-refractivity contribution in [2.45, 2.75) is 104 Å². The SMILES string of the molecule is CCC(C)(C)C(=O)OC(OC1CCCCC1)C1CCCCC1. The number of hydrogen-bond donors (Lipinski definition) is 0. The predicted molar refractivity (Wildman–Crippen MR) is 88.5 cm³/mol. The average Bonchev–Trinajstić information content (AvgIpc) is 2.56. The third-order valence-corrected chi connectivity index (χ3v) is 5.57. The van der Waals surface area contributed by atoms with E-state index in [0.29, 0.717) is 12.0 Å². The molecule has 2 rings (SSSR count). The van der Waals surface area contributed by atoms with Crippen LogP contribution in [0.15, 0.2) is 0 Å². The second-order valence-electron chi connectivity index (χ2n) is 7.81. The first-order valence-electron chi connectivity index (χ1n) is 9.39. The Morgan fingerprint density at radius 1 is 1.00 bits per heavy atom. The molecule has 0 heterocycles. The van der Waals surface area contributed by atoms with Crippen LogP contribution in [0, 0.1) is 11.3 Å². The third-order valence-electron chi connectivity index (χ3n) is 5.57. The molecule has 2 fully saturated rings. The molecular weight excluding hydrogens is 276 g/mol. The molecule has 0 aliphatic heterocycles. The van der Waals surface area contributed by atoms with Crippen LogP contribution in [0.25, 0.3) is 0 Å². The van der Waals surface area contributed by atoms with Crippen molar-refractivity contribution < 1.29 is 14.3 Å². The van der Waals surface area contributed by atoms with Gasteiger partial charge >= 0.3 is 5.97 Å². The van der Waals surface area contributed by atoms with Crippen LogP contribution in [0.4, 0.5) is 0 Å². The van der Waals surface area contributed by atoms with Crippen LogP contribution < -0.4 is 0 Å². The van der Waals surface area contributed by atoms with Gasteiger partial charge in [0, 0.05) is 5.92 Å². The molecule has 0 N–H and O–H groups in total. The van der Waals surface area contributed by atoms with Crippen molar-refractivity contribution in [3.8, 4) is 0 Å². The number of carbonyl (C=O) groups is 1. The Kier molecular flexibility index (Phi) is 6.73. The van der Waals surface area contributed by atoms with E-state index in [9.17, 15) is 4.79 Å². The molecule has 0 radical (unpaired) electrons. The topological polar surface area (TPSA) is 35.5 Å². The van der Waals surface area contributed by atoms with Crippen LogP contribution in [-0.2, 0) is 14.3 Å². The molecule has 0 aromatic heterocycles. The second-order valence-corrected chi connectivity index (χ2v) is 7.81. The van der Waals surface area contributed by atoms with Crippen LogP contribution in [0.1, 0.15) is 91.4 Å². The minimum Gasteiger partial charge on any atom is -0.435 e. The lowest BCUT2D eigenvalue weighted by Gasteiger charge is -2.35. The van der Waals surface area contributed by atoms with Crippen LogP contribution in [0.5, 0.6) is 0 Å². The summed E-state index contributed by atoms with van der Waals surface area (Å²) in [6.07, 6.45) is 12.9. The fraction of sp³-hybridized carbons (Fsp3) is 0.947. The third kappa shape index (κ3) is 4.97. The van der Waals surface area contributed by atoms with Crippen LogP contribution in [0.2, 0.25) is 0 Å². The lowest BCUT2D eigenvalue weighted by Crippen LogP contribution is -2.38. The number of rotatable bonds is 6. The van der Waals surface area contributed by atoms with Crippen molar-refractivity contribution in [3.05, 3.63) is 0 Å². The quantitative estimate of drug-likeness (QED) is 0.498. The van der Waals surface area contributed by atoms with E-state index in [2.05, 4.69) is 0 Å². The molecule has 2 aliphatic carbocycles. The van der Waals surface area contributed by atoms with Gasteiger partial charge in [0.2, 0.25) is 6.29 Å². The zero-order valence-electron chi connectivity index (χ0n) is 14.7. The summed E-state index contributed by atoms with van der Waals surface area (Å²) in [7, 11) is 0. The molecule has 0 bridgehead atoms. The fourth-order valence-corrected chi connectivity index (χ4v) is 3.44. The Hall–Kier alpha value is -0.570. The standard InChI is InChI=1S/C19H34O3/c1-4-19(2,3)18(20)22-17(15-11-7-5-8-12-15)21-16-13-9-6-10-14-16/h15-17H,4-14H2,1-3H3. The summed E-state index contributed by atoms with van der Waals surface area (Å²) in [6.45, 7) is 5.97. The van der Waals surface area contributed by atoms with Crippen LogP contribution >= 0.6 is 0 Å². The average molecular weight is 310 g/mol. The fourth-order valence-electron chi connectivity index (χ4n) is 3.44. The van der Waals surface area contributed by atoms with E-state index in [1.54, 1.807) is 0 Å². The first-order valence-corrected chi connectivity index (χ1v) is 9.39. The summed E-state index contributed by atoms with van der Waals surface area (Å²) in [4.78, 5) is 12.5. The minimum atomic E-state index is -0.414. The van der Waals surface area contributed by atoms with Crippen molar-refractivity contribution >= 4 is 5.97 Å². The van der Waals surface area contributed by atoms with Gasteiger partial charge in [-0.3, -0.25) is 4.79 Å². The van der Waals surface area contributed by atoms with Gasteiger partial charge in [0.05, 0.1) is 11.5 Å². The highest BCUT2D eigenvalue weighted by Crippen LogP contribution is 2.33. The van der Waals surface area contributed by atoms with Crippen molar-refractivity contribution in [1.29, 1.82) is 0 Å². The molecule has 0 spiro atoms. The van der Waals surface area contributed by atoms with Crippen molar-refractivity contribution in [3.63, 3.8) is 0 Å².